The van der Waals surface area contributed by atoms with Gasteiger partial charge in [-0.3, -0.25) is 15.0 Å². The molecule has 2 aliphatic rings. The first-order valence-corrected chi connectivity index (χ1v) is 7.90. The van der Waals surface area contributed by atoms with E-state index in [0.29, 0.717) is 5.69 Å². The van der Waals surface area contributed by atoms with E-state index in [9.17, 15) is 9.59 Å². The number of ether oxygens (including phenoxy) is 1. The van der Waals surface area contributed by atoms with E-state index in [1.807, 2.05) is 36.4 Å². The number of carbonyl (C=O) groups is 2. The van der Waals surface area contributed by atoms with Crippen LogP contribution in [0, 0.1) is 0 Å². The molecule has 2 aromatic carbocycles. The molecule has 2 amide bonds. The molecule has 0 bridgehead atoms. The van der Waals surface area contributed by atoms with Crippen LogP contribution in [0.1, 0.15) is 17.5 Å². The molecule has 0 spiro atoms. The maximum atomic E-state index is 12.6. The number of hydrogen-bond acceptors (Lipinski definition) is 3. The fourth-order valence-corrected chi connectivity index (χ4v) is 2.95. The fraction of sp³-hybridized carbons (Fsp3) is 0.158. The fourth-order valence-electron chi connectivity index (χ4n) is 2.95. The van der Waals surface area contributed by atoms with E-state index in [-0.39, 0.29) is 11.5 Å². The van der Waals surface area contributed by atoms with Gasteiger partial charge >= 0.3 is 0 Å². The predicted molar refractivity (Wildman–Crippen MR) is 90.3 cm³/mol. The number of nitrogens with one attached hydrogen (secondary N) is 1. The van der Waals surface area contributed by atoms with Crippen molar-refractivity contribution in [2.24, 2.45) is 0 Å². The largest absolute Gasteiger partial charge is 0.493 e. The number of fused-ring (bicyclic) bond motifs is 1. The standard InChI is InChI=1S/C19H16N2O3/c22-18-16(19(23)21(20-18)15-6-2-1-3-7-15)12-13-8-9-17-14(11-13)5-4-10-24-17/h1-3,6-9,11-12H,4-5,10H2,(H,20,22)/b16-12+. The summed E-state index contributed by atoms with van der Waals surface area (Å²) in [4.78, 5) is 24.8. The Hall–Kier alpha value is -3.08. The van der Waals surface area contributed by atoms with Crippen LogP contribution < -0.4 is 15.2 Å². The Bertz CT molecular complexity index is 843. The molecule has 0 unspecified atom stereocenters. The highest BCUT2D eigenvalue weighted by atomic mass is 16.5. The summed E-state index contributed by atoms with van der Waals surface area (Å²) in [5, 5.41) is 1.27. The Labute approximate surface area is 139 Å². The third-order valence-corrected chi connectivity index (χ3v) is 4.15. The van der Waals surface area contributed by atoms with E-state index in [4.69, 9.17) is 4.74 Å². The average molecular weight is 320 g/mol. The SMILES string of the molecule is O=C1NN(c2ccccc2)C(=O)/C1=C/c1ccc2c(c1)CCCO2. The zero-order chi connectivity index (χ0) is 16.5. The topological polar surface area (TPSA) is 58.6 Å². The van der Waals surface area contributed by atoms with Gasteiger partial charge in [-0.15, -0.1) is 0 Å². The maximum absolute atomic E-state index is 12.6. The Balaban J connectivity index is 1.65. The molecule has 1 saturated heterocycles. The molecule has 24 heavy (non-hydrogen) atoms. The summed E-state index contributed by atoms with van der Waals surface area (Å²) >= 11 is 0. The van der Waals surface area contributed by atoms with Gasteiger partial charge in [-0.1, -0.05) is 24.3 Å². The normalized spacial score (nSPS) is 18.3. The van der Waals surface area contributed by atoms with Gasteiger partial charge in [-0.2, -0.15) is 0 Å². The van der Waals surface area contributed by atoms with Gasteiger partial charge in [0.15, 0.2) is 0 Å². The Morgan fingerprint density at radius 3 is 2.75 bits per heavy atom. The maximum Gasteiger partial charge on any atom is 0.282 e. The highest BCUT2D eigenvalue weighted by Gasteiger charge is 2.34. The van der Waals surface area contributed by atoms with Crippen molar-refractivity contribution in [2.45, 2.75) is 12.8 Å². The lowest BCUT2D eigenvalue weighted by Crippen LogP contribution is -2.35. The van der Waals surface area contributed by atoms with Gasteiger partial charge in [-0.05, 0) is 54.3 Å². The molecule has 5 heteroatoms. The number of anilines is 1. The number of benzene rings is 2. The first-order chi connectivity index (χ1) is 11.7. The van der Waals surface area contributed by atoms with Gasteiger partial charge in [0.25, 0.3) is 11.8 Å². The van der Waals surface area contributed by atoms with E-state index in [2.05, 4.69) is 5.43 Å². The summed E-state index contributed by atoms with van der Waals surface area (Å²) in [6, 6.07) is 14.8. The molecule has 0 radical (unpaired) electrons. The number of para-hydroxylation sites is 1. The van der Waals surface area contributed by atoms with E-state index in [1.165, 1.54) is 5.01 Å². The second-order valence-electron chi connectivity index (χ2n) is 5.79. The van der Waals surface area contributed by atoms with E-state index in [1.54, 1.807) is 18.2 Å². The van der Waals surface area contributed by atoms with E-state index in [0.717, 1.165) is 36.3 Å². The first kappa shape index (κ1) is 14.5. The smallest absolute Gasteiger partial charge is 0.282 e. The van der Waals surface area contributed by atoms with Gasteiger partial charge in [0.05, 0.1) is 12.3 Å². The second-order valence-corrected chi connectivity index (χ2v) is 5.79. The average Bonchev–Trinajstić information content (AvgIpc) is 2.90. The lowest BCUT2D eigenvalue weighted by atomic mass is 10.0. The highest BCUT2D eigenvalue weighted by Crippen LogP contribution is 2.27. The third kappa shape index (κ3) is 2.54. The molecule has 0 saturated carbocycles. The third-order valence-electron chi connectivity index (χ3n) is 4.15. The van der Waals surface area contributed by atoms with Crippen LogP contribution in [0.2, 0.25) is 0 Å². The van der Waals surface area contributed by atoms with Crippen LogP contribution >= 0.6 is 0 Å². The molecule has 0 atom stereocenters. The molecule has 0 aliphatic carbocycles. The summed E-state index contributed by atoms with van der Waals surface area (Å²) in [7, 11) is 0. The molecule has 5 nitrogen and oxygen atoms in total. The molecule has 1 fully saturated rings. The van der Waals surface area contributed by atoms with Crippen LogP contribution in [0.25, 0.3) is 6.08 Å². The molecule has 2 aromatic rings. The Morgan fingerprint density at radius 1 is 1.08 bits per heavy atom. The van der Waals surface area contributed by atoms with Crippen LogP contribution in [0.5, 0.6) is 5.75 Å². The van der Waals surface area contributed by atoms with E-state index < -0.39 is 5.91 Å². The second kappa shape index (κ2) is 5.85. The number of aryl methyl sites for hydroxylation is 1. The van der Waals surface area contributed by atoms with Gasteiger partial charge in [0.1, 0.15) is 11.3 Å². The van der Waals surface area contributed by atoms with Crippen molar-refractivity contribution in [1.82, 2.24) is 5.43 Å². The summed E-state index contributed by atoms with van der Waals surface area (Å²) in [5.41, 5.74) is 5.32. The van der Waals surface area contributed by atoms with Crippen LogP contribution in [0.4, 0.5) is 5.69 Å². The van der Waals surface area contributed by atoms with Gasteiger partial charge in [0.2, 0.25) is 0 Å². The van der Waals surface area contributed by atoms with Crippen molar-refractivity contribution in [3.63, 3.8) is 0 Å². The van der Waals surface area contributed by atoms with Crippen molar-refractivity contribution in [2.75, 3.05) is 11.6 Å². The van der Waals surface area contributed by atoms with Gasteiger partial charge in [0, 0.05) is 0 Å². The van der Waals surface area contributed by atoms with Gasteiger partial charge < -0.3 is 4.74 Å². The first-order valence-electron chi connectivity index (χ1n) is 7.90. The molecule has 0 aromatic heterocycles. The zero-order valence-corrected chi connectivity index (χ0v) is 13.0. The van der Waals surface area contributed by atoms with Crippen molar-refractivity contribution < 1.29 is 14.3 Å². The van der Waals surface area contributed by atoms with Crippen LogP contribution in [-0.2, 0) is 16.0 Å². The zero-order valence-electron chi connectivity index (χ0n) is 13.0. The molecular weight excluding hydrogens is 304 g/mol. The molecule has 1 N–H and O–H groups in total. The summed E-state index contributed by atoms with van der Waals surface area (Å²) in [5.74, 6) is 0.148. The van der Waals surface area contributed by atoms with Crippen molar-refractivity contribution >= 4 is 23.6 Å². The molecule has 2 aliphatic heterocycles. The van der Waals surface area contributed by atoms with Crippen LogP contribution in [0.3, 0.4) is 0 Å². The number of carbonyl (C=O) groups excluding carboxylic acids is 2. The van der Waals surface area contributed by atoms with Crippen molar-refractivity contribution in [3.8, 4) is 5.75 Å². The number of rotatable bonds is 2. The van der Waals surface area contributed by atoms with Crippen LogP contribution in [-0.4, -0.2) is 18.4 Å². The molecule has 2 heterocycles. The quantitative estimate of drug-likeness (QED) is 0.683. The number of nitrogens with zero attached hydrogens (tertiary/aromatic N) is 1. The summed E-state index contributed by atoms with van der Waals surface area (Å²) in [6.07, 6.45) is 3.56. The Morgan fingerprint density at radius 2 is 1.92 bits per heavy atom. The van der Waals surface area contributed by atoms with E-state index >= 15 is 0 Å². The van der Waals surface area contributed by atoms with Crippen LogP contribution in [0.15, 0.2) is 54.1 Å². The minimum absolute atomic E-state index is 0.135. The summed E-state index contributed by atoms with van der Waals surface area (Å²) in [6.45, 7) is 0.736. The van der Waals surface area contributed by atoms with Gasteiger partial charge in [-0.25, -0.2) is 5.01 Å². The minimum Gasteiger partial charge on any atom is -0.493 e. The number of hydrazine groups is 1. The summed E-state index contributed by atoms with van der Waals surface area (Å²) < 4.78 is 5.59. The Kier molecular flexibility index (Phi) is 3.54. The lowest BCUT2D eigenvalue weighted by molar-refractivity contribution is -0.117. The monoisotopic (exact) mass is 320 g/mol. The van der Waals surface area contributed by atoms with Crippen molar-refractivity contribution in [1.29, 1.82) is 0 Å². The predicted octanol–water partition coefficient (Wildman–Crippen LogP) is 2.47. The molecule has 4 rings (SSSR count). The highest BCUT2D eigenvalue weighted by molar-refractivity contribution is 6.31. The molecule has 120 valence electrons. The van der Waals surface area contributed by atoms with Crippen molar-refractivity contribution in [3.05, 3.63) is 65.2 Å². The number of hydrogen-bond donors (Lipinski definition) is 1. The number of amides is 2. The minimum atomic E-state index is -0.391. The molecular formula is C19H16N2O3. The lowest BCUT2D eigenvalue weighted by Gasteiger charge is -2.17.